The molecule has 1 amide bonds. The van der Waals surface area contributed by atoms with Crippen LogP contribution in [0.3, 0.4) is 0 Å². The zero-order valence-corrected chi connectivity index (χ0v) is 15.2. The van der Waals surface area contributed by atoms with E-state index in [-0.39, 0.29) is 11.9 Å². The highest BCUT2D eigenvalue weighted by molar-refractivity contribution is 7.09. The zero-order valence-electron chi connectivity index (χ0n) is 14.4. The number of carbonyl (C=O) groups excluding carboxylic acids is 1. The van der Waals surface area contributed by atoms with Crippen LogP contribution in [0, 0.1) is 6.92 Å². The van der Waals surface area contributed by atoms with Crippen LogP contribution in [0.1, 0.15) is 41.9 Å². The van der Waals surface area contributed by atoms with Crippen molar-refractivity contribution in [3.8, 4) is 0 Å². The quantitative estimate of drug-likeness (QED) is 0.845. The molecule has 1 saturated heterocycles. The predicted molar refractivity (Wildman–Crippen MR) is 97.4 cm³/mol. The number of piperidine rings is 1. The normalized spacial score (nSPS) is 20.0. The lowest BCUT2D eigenvalue weighted by Crippen LogP contribution is -2.49. The molecule has 2 unspecified atom stereocenters. The van der Waals surface area contributed by atoms with Crippen molar-refractivity contribution in [3.63, 3.8) is 0 Å². The van der Waals surface area contributed by atoms with Crippen molar-refractivity contribution in [2.75, 3.05) is 19.6 Å². The molecule has 3 rings (SSSR count). The van der Waals surface area contributed by atoms with E-state index in [0.29, 0.717) is 12.5 Å². The fourth-order valence-corrected chi connectivity index (χ4v) is 4.03. The maximum Gasteiger partial charge on any atom is 0.237 e. The number of thiophene rings is 1. The van der Waals surface area contributed by atoms with Gasteiger partial charge in [0, 0.05) is 29.6 Å². The zero-order chi connectivity index (χ0) is 16.9. The number of hydrogen-bond acceptors (Lipinski definition) is 4. The lowest BCUT2D eigenvalue weighted by atomic mass is 9.93. The number of nitrogens with zero attached hydrogens (tertiary/aromatic N) is 2. The minimum atomic E-state index is -0.0869. The number of H-pyrrole nitrogens is 1. The molecule has 0 radical (unpaired) electrons. The van der Waals surface area contributed by atoms with Gasteiger partial charge in [-0.2, -0.15) is 5.10 Å². The molecule has 130 valence electrons. The molecule has 0 aliphatic carbocycles. The first-order valence-electron chi connectivity index (χ1n) is 8.69. The number of rotatable bonds is 6. The van der Waals surface area contributed by atoms with Crippen LogP contribution in [0.2, 0.25) is 0 Å². The number of amides is 1. The fraction of sp³-hybridized carbons (Fsp3) is 0.556. The first-order chi connectivity index (χ1) is 11.6. The van der Waals surface area contributed by atoms with E-state index >= 15 is 0 Å². The van der Waals surface area contributed by atoms with E-state index in [1.165, 1.54) is 4.88 Å². The van der Waals surface area contributed by atoms with Gasteiger partial charge < -0.3 is 5.32 Å². The molecule has 1 aliphatic rings. The smallest absolute Gasteiger partial charge is 0.237 e. The fourth-order valence-electron chi connectivity index (χ4n) is 3.33. The third kappa shape index (κ3) is 4.24. The van der Waals surface area contributed by atoms with Crippen molar-refractivity contribution in [2.24, 2.45) is 0 Å². The molecule has 1 aliphatic heterocycles. The minimum Gasteiger partial charge on any atom is -0.354 e. The van der Waals surface area contributed by atoms with Crippen molar-refractivity contribution in [3.05, 3.63) is 39.8 Å². The van der Waals surface area contributed by atoms with E-state index in [1.54, 1.807) is 11.3 Å². The molecule has 0 aromatic carbocycles. The molecule has 2 aromatic rings. The summed E-state index contributed by atoms with van der Waals surface area (Å²) in [6.45, 7) is 6.64. The molecule has 1 fully saturated rings. The van der Waals surface area contributed by atoms with Crippen molar-refractivity contribution >= 4 is 17.2 Å². The van der Waals surface area contributed by atoms with Gasteiger partial charge in [0.25, 0.3) is 0 Å². The summed E-state index contributed by atoms with van der Waals surface area (Å²) in [5, 5.41) is 12.6. The van der Waals surface area contributed by atoms with Crippen LogP contribution in [0.5, 0.6) is 0 Å². The van der Waals surface area contributed by atoms with E-state index in [1.807, 2.05) is 13.8 Å². The van der Waals surface area contributed by atoms with Crippen LogP contribution in [0.25, 0.3) is 0 Å². The minimum absolute atomic E-state index is 0.0869. The number of carbonyl (C=O) groups is 1. The highest BCUT2D eigenvalue weighted by Crippen LogP contribution is 2.27. The number of likely N-dealkylation sites (tertiary alicyclic amines) is 1. The molecular weight excluding hydrogens is 320 g/mol. The summed E-state index contributed by atoms with van der Waals surface area (Å²) in [6, 6.07) is 6.20. The SMILES string of the molecule is Cc1cc(C2CCCN(C(C)C(=O)NCCc3cccs3)C2)n[nH]1. The van der Waals surface area contributed by atoms with Crippen LogP contribution < -0.4 is 5.32 Å². The highest BCUT2D eigenvalue weighted by Gasteiger charge is 2.28. The van der Waals surface area contributed by atoms with Crippen molar-refractivity contribution in [2.45, 2.75) is 45.1 Å². The van der Waals surface area contributed by atoms with E-state index in [9.17, 15) is 4.79 Å². The summed E-state index contributed by atoms with van der Waals surface area (Å²) >= 11 is 1.74. The van der Waals surface area contributed by atoms with Crippen molar-refractivity contribution in [1.29, 1.82) is 0 Å². The van der Waals surface area contributed by atoms with Crippen LogP contribution in [0.4, 0.5) is 0 Å². The topological polar surface area (TPSA) is 61.0 Å². The molecule has 2 N–H and O–H groups in total. The van der Waals surface area contributed by atoms with E-state index < -0.39 is 0 Å². The molecule has 5 nitrogen and oxygen atoms in total. The Morgan fingerprint density at radius 3 is 3.17 bits per heavy atom. The average Bonchev–Trinajstić information content (AvgIpc) is 3.26. The Morgan fingerprint density at radius 1 is 1.58 bits per heavy atom. The van der Waals surface area contributed by atoms with Gasteiger partial charge in [-0.05, 0) is 57.2 Å². The highest BCUT2D eigenvalue weighted by atomic mass is 32.1. The predicted octanol–water partition coefficient (Wildman–Crippen LogP) is 2.71. The molecule has 0 saturated carbocycles. The van der Waals surface area contributed by atoms with Gasteiger partial charge in [-0.1, -0.05) is 6.07 Å². The summed E-state index contributed by atoms with van der Waals surface area (Å²) in [7, 11) is 0. The Hall–Kier alpha value is -1.66. The Morgan fingerprint density at radius 2 is 2.46 bits per heavy atom. The molecule has 3 heterocycles. The summed E-state index contributed by atoms with van der Waals surface area (Å²) in [6.07, 6.45) is 3.17. The van der Waals surface area contributed by atoms with Crippen LogP contribution in [0.15, 0.2) is 23.6 Å². The summed E-state index contributed by atoms with van der Waals surface area (Å²) < 4.78 is 0. The molecule has 24 heavy (non-hydrogen) atoms. The van der Waals surface area contributed by atoms with Crippen molar-refractivity contribution in [1.82, 2.24) is 20.4 Å². The third-order valence-corrected chi connectivity index (χ3v) is 5.71. The van der Waals surface area contributed by atoms with E-state index in [2.05, 4.69) is 44.0 Å². The standard InChI is InChI=1S/C18H26N4OS/c1-13-11-17(21-20-13)15-5-3-9-22(12-15)14(2)18(23)19-8-7-16-6-4-10-24-16/h4,6,10-11,14-15H,3,5,7-9,12H2,1-2H3,(H,19,23)(H,20,21). The van der Waals surface area contributed by atoms with Gasteiger partial charge in [0.1, 0.15) is 0 Å². The maximum absolute atomic E-state index is 12.4. The number of nitrogens with one attached hydrogen (secondary N) is 2. The Bertz CT molecular complexity index is 652. The first kappa shape index (κ1) is 17.2. The lowest BCUT2D eigenvalue weighted by Gasteiger charge is -2.35. The van der Waals surface area contributed by atoms with E-state index in [0.717, 1.165) is 43.7 Å². The number of aryl methyl sites for hydroxylation is 1. The van der Waals surface area contributed by atoms with Crippen molar-refractivity contribution < 1.29 is 4.79 Å². The van der Waals surface area contributed by atoms with Crippen LogP contribution in [-0.2, 0) is 11.2 Å². The van der Waals surface area contributed by atoms with Crippen LogP contribution >= 0.6 is 11.3 Å². The van der Waals surface area contributed by atoms with Gasteiger partial charge in [0.05, 0.1) is 11.7 Å². The van der Waals surface area contributed by atoms with Gasteiger partial charge in [0.2, 0.25) is 5.91 Å². The molecule has 2 aromatic heterocycles. The van der Waals surface area contributed by atoms with Crippen LogP contribution in [-0.4, -0.2) is 46.7 Å². The second-order valence-corrected chi connectivity index (χ2v) is 7.64. The maximum atomic E-state index is 12.4. The molecule has 0 bridgehead atoms. The molecule has 0 spiro atoms. The second kappa shape index (κ2) is 7.94. The monoisotopic (exact) mass is 346 g/mol. The average molecular weight is 347 g/mol. The molecular formula is C18H26N4OS. The number of aromatic nitrogens is 2. The molecule has 2 atom stereocenters. The Kier molecular flexibility index (Phi) is 5.68. The summed E-state index contributed by atoms with van der Waals surface area (Å²) in [5.41, 5.74) is 2.23. The van der Waals surface area contributed by atoms with Gasteiger partial charge in [-0.3, -0.25) is 14.8 Å². The first-order valence-corrected chi connectivity index (χ1v) is 9.57. The largest absolute Gasteiger partial charge is 0.354 e. The summed E-state index contributed by atoms with van der Waals surface area (Å²) in [5.74, 6) is 0.551. The second-order valence-electron chi connectivity index (χ2n) is 6.61. The van der Waals surface area contributed by atoms with Gasteiger partial charge in [-0.25, -0.2) is 0 Å². The summed E-state index contributed by atoms with van der Waals surface area (Å²) in [4.78, 5) is 16.1. The van der Waals surface area contributed by atoms with Gasteiger partial charge in [0.15, 0.2) is 0 Å². The molecule has 6 heteroatoms. The third-order valence-electron chi connectivity index (χ3n) is 4.77. The Balaban J connectivity index is 1.49. The number of hydrogen-bond donors (Lipinski definition) is 2. The van der Waals surface area contributed by atoms with E-state index in [4.69, 9.17) is 0 Å². The lowest BCUT2D eigenvalue weighted by molar-refractivity contribution is -0.126. The van der Waals surface area contributed by atoms with Gasteiger partial charge in [-0.15, -0.1) is 11.3 Å². The van der Waals surface area contributed by atoms with Gasteiger partial charge >= 0.3 is 0 Å². The Labute approximate surface area is 147 Å². The number of aromatic amines is 1.